The van der Waals surface area contributed by atoms with E-state index in [4.69, 9.17) is 11.6 Å². The average Bonchev–Trinajstić information content (AvgIpc) is 2.48. The molecular weight excluding hydrogens is 276 g/mol. The van der Waals surface area contributed by atoms with Crippen LogP contribution in [0.2, 0.25) is 5.02 Å². The zero-order valence-electron chi connectivity index (χ0n) is 10.8. The summed E-state index contributed by atoms with van der Waals surface area (Å²) >= 11 is 6.02. The molecule has 0 aliphatic rings. The van der Waals surface area contributed by atoms with Gasteiger partial charge in [-0.25, -0.2) is 4.79 Å². The van der Waals surface area contributed by atoms with E-state index in [1.807, 2.05) is 30.3 Å². The van der Waals surface area contributed by atoms with Gasteiger partial charge in [-0.1, -0.05) is 35.9 Å². The van der Waals surface area contributed by atoms with Gasteiger partial charge in [0.15, 0.2) is 0 Å². The van der Waals surface area contributed by atoms with Crippen molar-refractivity contribution in [3.63, 3.8) is 0 Å². The Labute approximate surface area is 122 Å². The lowest BCUT2D eigenvalue weighted by atomic mass is 10.1. The minimum atomic E-state index is -0.458. The number of ether oxygens (including phenoxy) is 1. The minimum absolute atomic E-state index is 0.334. The van der Waals surface area contributed by atoms with Crippen LogP contribution >= 0.6 is 11.6 Å². The Balaban J connectivity index is 2.07. The summed E-state index contributed by atoms with van der Waals surface area (Å²) in [5.74, 6) is -0.458. The van der Waals surface area contributed by atoms with E-state index in [1.54, 1.807) is 24.4 Å². The first-order valence-electron chi connectivity index (χ1n) is 5.92. The normalized spacial score (nSPS) is 10.5. The highest BCUT2D eigenvalue weighted by Gasteiger charge is 2.09. The standard InChI is InChI=1S/C15H13ClN2O2/c1-20-15(19)13-8-7-11(9-14(13)16)10-17-18-12-5-3-2-4-6-12/h2-10,18H,1H3. The number of hydrazone groups is 1. The van der Waals surface area contributed by atoms with Gasteiger partial charge in [0.1, 0.15) is 0 Å². The van der Waals surface area contributed by atoms with Crippen LogP contribution < -0.4 is 5.43 Å². The van der Waals surface area contributed by atoms with E-state index in [2.05, 4.69) is 15.3 Å². The van der Waals surface area contributed by atoms with Gasteiger partial charge >= 0.3 is 5.97 Å². The first-order chi connectivity index (χ1) is 9.70. The topological polar surface area (TPSA) is 50.7 Å². The maximum atomic E-state index is 11.4. The van der Waals surface area contributed by atoms with E-state index in [-0.39, 0.29) is 0 Å². The summed E-state index contributed by atoms with van der Waals surface area (Å²) in [5, 5.41) is 4.43. The molecule has 2 aromatic carbocycles. The van der Waals surface area contributed by atoms with E-state index in [0.717, 1.165) is 11.3 Å². The van der Waals surface area contributed by atoms with E-state index >= 15 is 0 Å². The van der Waals surface area contributed by atoms with Gasteiger partial charge in [0.05, 0.1) is 29.6 Å². The molecule has 0 fully saturated rings. The van der Waals surface area contributed by atoms with Gasteiger partial charge in [-0.05, 0) is 29.8 Å². The maximum absolute atomic E-state index is 11.4. The summed E-state index contributed by atoms with van der Waals surface area (Å²) in [7, 11) is 1.32. The zero-order valence-corrected chi connectivity index (χ0v) is 11.6. The highest BCUT2D eigenvalue weighted by molar-refractivity contribution is 6.33. The molecule has 0 amide bonds. The first-order valence-corrected chi connectivity index (χ1v) is 6.30. The summed E-state index contributed by atoms with van der Waals surface area (Å²) in [6, 6.07) is 14.6. The summed E-state index contributed by atoms with van der Waals surface area (Å²) in [5.41, 5.74) is 4.90. The number of carbonyl (C=O) groups is 1. The van der Waals surface area contributed by atoms with Crippen LogP contribution in [0.5, 0.6) is 0 Å². The molecule has 0 saturated heterocycles. The van der Waals surface area contributed by atoms with Crippen LogP contribution in [0.15, 0.2) is 53.6 Å². The molecule has 0 aromatic heterocycles. The second-order valence-electron chi connectivity index (χ2n) is 3.97. The SMILES string of the molecule is COC(=O)c1ccc(C=NNc2ccccc2)cc1Cl. The summed E-state index contributed by atoms with van der Waals surface area (Å²) in [4.78, 5) is 11.4. The number of carbonyl (C=O) groups excluding carboxylic acids is 1. The van der Waals surface area contributed by atoms with Crippen LogP contribution in [0.4, 0.5) is 5.69 Å². The number of methoxy groups -OCH3 is 1. The molecule has 5 heteroatoms. The molecule has 0 atom stereocenters. The molecule has 0 aliphatic heterocycles. The fourth-order valence-electron chi connectivity index (χ4n) is 1.58. The molecule has 1 N–H and O–H groups in total. The number of esters is 1. The van der Waals surface area contributed by atoms with Crippen LogP contribution in [0.25, 0.3) is 0 Å². The van der Waals surface area contributed by atoms with Crippen molar-refractivity contribution >= 4 is 29.5 Å². The van der Waals surface area contributed by atoms with E-state index in [1.165, 1.54) is 7.11 Å². The summed E-state index contributed by atoms with van der Waals surface area (Å²) in [6.45, 7) is 0. The smallest absolute Gasteiger partial charge is 0.339 e. The molecule has 0 bridgehead atoms. The number of para-hydroxylation sites is 1. The number of hydrogen-bond acceptors (Lipinski definition) is 4. The van der Waals surface area contributed by atoms with Crippen molar-refractivity contribution in [1.82, 2.24) is 0 Å². The number of rotatable bonds is 4. The Morgan fingerprint density at radius 2 is 2.00 bits per heavy atom. The van der Waals surface area contributed by atoms with E-state index in [0.29, 0.717) is 10.6 Å². The molecule has 0 heterocycles. The molecule has 0 aliphatic carbocycles. The highest BCUT2D eigenvalue weighted by Crippen LogP contribution is 2.18. The lowest BCUT2D eigenvalue weighted by Gasteiger charge is -2.03. The van der Waals surface area contributed by atoms with Crippen molar-refractivity contribution in [2.24, 2.45) is 5.10 Å². The lowest BCUT2D eigenvalue weighted by Crippen LogP contribution is -2.02. The second kappa shape index (κ2) is 6.73. The molecular formula is C15H13ClN2O2. The predicted molar refractivity (Wildman–Crippen MR) is 80.5 cm³/mol. The molecule has 2 aromatic rings. The van der Waals surface area contributed by atoms with Gasteiger partial charge in [0, 0.05) is 0 Å². The third kappa shape index (κ3) is 3.59. The largest absolute Gasteiger partial charge is 0.465 e. The van der Waals surface area contributed by atoms with Gasteiger partial charge in [0.25, 0.3) is 0 Å². The number of anilines is 1. The molecule has 102 valence electrons. The van der Waals surface area contributed by atoms with Gasteiger partial charge in [-0.2, -0.15) is 5.10 Å². The third-order valence-electron chi connectivity index (χ3n) is 2.58. The summed E-state index contributed by atoms with van der Waals surface area (Å²) < 4.78 is 4.63. The molecule has 4 nitrogen and oxygen atoms in total. The van der Waals surface area contributed by atoms with Crippen LogP contribution in [0, 0.1) is 0 Å². The lowest BCUT2D eigenvalue weighted by molar-refractivity contribution is 0.0601. The van der Waals surface area contributed by atoms with E-state index < -0.39 is 5.97 Å². The summed E-state index contributed by atoms with van der Waals surface area (Å²) in [6.07, 6.45) is 1.62. The predicted octanol–water partition coefficient (Wildman–Crippen LogP) is 3.57. The number of benzene rings is 2. The Morgan fingerprint density at radius 1 is 1.25 bits per heavy atom. The quantitative estimate of drug-likeness (QED) is 0.531. The number of halogens is 1. The third-order valence-corrected chi connectivity index (χ3v) is 2.89. The highest BCUT2D eigenvalue weighted by atomic mass is 35.5. The van der Waals surface area contributed by atoms with Crippen molar-refractivity contribution in [3.8, 4) is 0 Å². The van der Waals surface area contributed by atoms with Gasteiger partial charge < -0.3 is 4.74 Å². The van der Waals surface area contributed by atoms with Crippen LogP contribution in [0.3, 0.4) is 0 Å². The van der Waals surface area contributed by atoms with E-state index in [9.17, 15) is 4.79 Å². The van der Waals surface area contributed by atoms with Crippen LogP contribution in [-0.4, -0.2) is 19.3 Å². The molecule has 0 spiro atoms. The molecule has 20 heavy (non-hydrogen) atoms. The number of nitrogens with one attached hydrogen (secondary N) is 1. The van der Waals surface area contributed by atoms with Gasteiger partial charge in [-0.3, -0.25) is 5.43 Å². The molecule has 2 rings (SSSR count). The Bertz CT molecular complexity index is 627. The Hall–Kier alpha value is -2.33. The van der Waals surface area contributed by atoms with Crippen LogP contribution in [0.1, 0.15) is 15.9 Å². The van der Waals surface area contributed by atoms with Crippen molar-refractivity contribution in [1.29, 1.82) is 0 Å². The number of nitrogens with zero attached hydrogens (tertiary/aromatic N) is 1. The average molecular weight is 289 g/mol. The Morgan fingerprint density at radius 3 is 2.65 bits per heavy atom. The fraction of sp³-hybridized carbons (Fsp3) is 0.0667. The van der Waals surface area contributed by atoms with Crippen molar-refractivity contribution in [2.45, 2.75) is 0 Å². The maximum Gasteiger partial charge on any atom is 0.339 e. The second-order valence-corrected chi connectivity index (χ2v) is 4.37. The molecule has 0 unspecified atom stereocenters. The van der Waals surface area contributed by atoms with Crippen molar-refractivity contribution in [2.75, 3.05) is 12.5 Å². The van der Waals surface area contributed by atoms with Crippen LogP contribution in [-0.2, 0) is 4.74 Å². The van der Waals surface area contributed by atoms with Crippen molar-refractivity contribution in [3.05, 3.63) is 64.7 Å². The fourth-order valence-corrected chi connectivity index (χ4v) is 1.85. The monoisotopic (exact) mass is 288 g/mol. The molecule has 0 radical (unpaired) electrons. The first kappa shape index (κ1) is 14.1. The van der Waals surface area contributed by atoms with Gasteiger partial charge in [0.2, 0.25) is 0 Å². The molecule has 0 saturated carbocycles. The van der Waals surface area contributed by atoms with Gasteiger partial charge in [-0.15, -0.1) is 0 Å². The Kier molecular flexibility index (Phi) is 4.74. The number of hydrogen-bond donors (Lipinski definition) is 1. The van der Waals surface area contributed by atoms with Crippen molar-refractivity contribution < 1.29 is 9.53 Å². The minimum Gasteiger partial charge on any atom is -0.465 e. The zero-order chi connectivity index (χ0) is 14.4.